The fraction of sp³-hybridized carbons (Fsp3) is 0.0909. The molecule has 4 rings (SSSR count). The predicted molar refractivity (Wildman–Crippen MR) is 108 cm³/mol. The lowest BCUT2D eigenvalue weighted by atomic mass is 10.1. The third-order valence-corrected chi connectivity index (χ3v) is 4.40. The second-order valence-electron chi connectivity index (χ2n) is 6.33. The summed E-state index contributed by atoms with van der Waals surface area (Å²) in [6.07, 6.45) is 1.67. The Bertz CT molecular complexity index is 1170. The van der Waals surface area contributed by atoms with Crippen LogP contribution >= 0.6 is 0 Å². The first-order valence-electron chi connectivity index (χ1n) is 8.94. The maximum atomic E-state index is 12.8. The molecule has 1 amide bonds. The number of hydrogen-bond acceptors (Lipinski definition) is 4. The van der Waals surface area contributed by atoms with Gasteiger partial charge in [-0.05, 0) is 23.8 Å². The molecule has 0 unspecified atom stereocenters. The lowest BCUT2D eigenvalue weighted by molar-refractivity contribution is -0.122. The maximum Gasteiger partial charge on any atom is 0.275 e. The first-order valence-corrected chi connectivity index (χ1v) is 8.94. The van der Waals surface area contributed by atoms with Gasteiger partial charge in [-0.25, -0.2) is 4.68 Å². The Kier molecular flexibility index (Phi) is 4.93. The second-order valence-corrected chi connectivity index (χ2v) is 6.33. The number of amides is 1. The molecular weight excluding hydrogens is 352 g/mol. The maximum absolute atomic E-state index is 12.8. The molecule has 28 heavy (non-hydrogen) atoms. The summed E-state index contributed by atoms with van der Waals surface area (Å²) >= 11 is 0. The summed E-state index contributed by atoms with van der Waals surface area (Å²) in [6, 6.07) is 22.4. The molecule has 0 saturated carbocycles. The van der Waals surface area contributed by atoms with Crippen LogP contribution in [-0.4, -0.2) is 20.7 Å². The average Bonchev–Trinajstić information content (AvgIpc) is 2.76. The van der Waals surface area contributed by atoms with E-state index in [0.717, 1.165) is 5.56 Å². The number of rotatable bonds is 5. The van der Waals surface area contributed by atoms with E-state index in [1.165, 1.54) is 4.68 Å². The molecule has 0 fully saturated rings. The summed E-state index contributed by atoms with van der Waals surface area (Å²) in [5.74, 6) is -0.277. The van der Waals surface area contributed by atoms with Crippen molar-refractivity contribution in [3.63, 3.8) is 0 Å². The van der Waals surface area contributed by atoms with E-state index in [0.29, 0.717) is 28.7 Å². The van der Waals surface area contributed by atoms with Crippen molar-refractivity contribution in [3.8, 4) is 11.4 Å². The number of aromatic nitrogens is 3. The number of carbonyl (C=O) groups is 1. The standard InChI is InChI=1S/C22H18N4O2/c27-20(24-14-16-8-2-1-3-9-16)15-26-22(28)18-11-5-4-10-17(18)21(25-26)19-12-6-7-13-23-19/h1-13H,14-15H2,(H,24,27). The summed E-state index contributed by atoms with van der Waals surface area (Å²) in [5, 5.41) is 8.50. The number of carbonyl (C=O) groups excluding carboxylic acids is 1. The number of nitrogens with zero attached hydrogens (tertiary/aromatic N) is 3. The third-order valence-electron chi connectivity index (χ3n) is 4.40. The van der Waals surface area contributed by atoms with E-state index in [9.17, 15) is 9.59 Å². The van der Waals surface area contributed by atoms with Crippen molar-refractivity contribution in [2.45, 2.75) is 13.1 Å². The van der Waals surface area contributed by atoms with Crippen LogP contribution in [-0.2, 0) is 17.9 Å². The quantitative estimate of drug-likeness (QED) is 0.586. The molecule has 0 aliphatic rings. The number of fused-ring (bicyclic) bond motifs is 1. The van der Waals surface area contributed by atoms with Crippen molar-refractivity contribution >= 4 is 16.7 Å². The van der Waals surface area contributed by atoms with Crippen molar-refractivity contribution in [2.75, 3.05) is 0 Å². The molecule has 2 aromatic heterocycles. The van der Waals surface area contributed by atoms with Crippen LogP contribution in [0.3, 0.4) is 0 Å². The van der Waals surface area contributed by atoms with E-state index in [-0.39, 0.29) is 18.0 Å². The summed E-state index contributed by atoms with van der Waals surface area (Å²) in [4.78, 5) is 29.6. The zero-order valence-corrected chi connectivity index (χ0v) is 15.1. The molecule has 6 heteroatoms. The largest absolute Gasteiger partial charge is 0.350 e. The minimum atomic E-state index is -0.301. The van der Waals surface area contributed by atoms with Gasteiger partial charge in [-0.2, -0.15) is 5.10 Å². The summed E-state index contributed by atoms with van der Waals surface area (Å²) in [7, 11) is 0. The average molecular weight is 370 g/mol. The zero-order chi connectivity index (χ0) is 19.3. The highest BCUT2D eigenvalue weighted by Gasteiger charge is 2.14. The Morgan fingerprint density at radius 2 is 1.61 bits per heavy atom. The van der Waals surface area contributed by atoms with E-state index < -0.39 is 0 Å². The van der Waals surface area contributed by atoms with Crippen LogP contribution in [0.5, 0.6) is 0 Å². The number of nitrogens with one attached hydrogen (secondary N) is 1. The Labute approximate surface area is 161 Å². The van der Waals surface area contributed by atoms with E-state index in [1.807, 2.05) is 60.7 Å². The highest BCUT2D eigenvalue weighted by molar-refractivity contribution is 5.93. The van der Waals surface area contributed by atoms with Gasteiger partial charge in [-0.3, -0.25) is 14.6 Å². The molecular formula is C22H18N4O2. The predicted octanol–water partition coefficient (Wildman–Crippen LogP) is 2.77. The Hall–Kier alpha value is -3.80. The number of benzene rings is 2. The molecule has 6 nitrogen and oxygen atoms in total. The van der Waals surface area contributed by atoms with Gasteiger partial charge in [-0.15, -0.1) is 0 Å². The van der Waals surface area contributed by atoms with Gasteiger partial charge >= 0.3 is 0 Å². The van der Waals surface area contributed by atoms with Crippen LogP contribution in [0.15, 0.2) is 83.8 Å². The van der Waals surface area contributed by atoms with Gasteiger partial charge in [0.1, 0.15) is 12.2 Å². The summed E-state index contributed by atoms with van der Waals surface area (Å²) in [6.45, 7) is 0.242. The fourth-order valence-corrected chi connectivity index (χ4v) is 3.02. The molecule has 1 N–H and O–H groups in total. The Balaban J connectivity index is 1.66. The van der Waals surface area contributed by atoms with Gasteiger partial charge in [0.2, 0.25) is 5.91 Å². The highest BCUT2D eigenvalue weighted by Crippen LogP contribution is 2.22. The van der Waals surface area contributed by atoms with Crippen molar-refractivity contribution in [2.24, 2.45) is 0 Å². The van der Waals surface area contributed by atoms with Crippen LogP contribution in [0.2, 0.25) is 0 Å². The molecule has 0 aliphatic carbocycles. The molecule has 0 atom stereocenters. The van der Waals surface area contributed by atoms with Crippen molar-refractivity contribution in [3.05, 3.63) is 94.9 Å². The van der Waals surface area contributed by atoms with E-state index in [1.54, 1.807) is 18.3 Å². The molecule has 4 aromatic rings. The van der Waals surface area contributed by atoms with Crippen LogP contribution < -0.4 is 10.9 Å². The van der Waals surface area contributed by atoms with E-state index in [4.69, 9.17) is 0 Å². The smallest absolute Gasteiger partial charge is 0.275 e. The lowest BCUT2D eigenvalue weighted by Crippen LogP contribution is -2.33. The molecule has 2 aromatic carbocycles. The lowest BCUT2D eigenvalue weighted by Gasteiger charge is -2.11. The minimum absolute atomic E-state index is 0.156. The van der Waals surface area contributed by atoms with Crippen molar-refractivity contribution in [1.29, 1.82) is 0 Å². The molecule has 0 radical (unpaired) electrons. The van der Waals surface area contributed by atoms with Gasteiger partial charge < -0.3 is 5.32 Å². The molecule has 138 valence electrons. The Morgan fingerprint density at radius 3 is 2.36 bits per heavy atom. The van der Waals surface area contributed by atoms with Gasteiger partial charge in [-0.1, -0.05) is 54.6 Å². The molecule has 0 saturated heterocycles. The van der Waals surface area contributed by atoms with E-state index in [2.05, 4.69) is 15.4 Å². The van der Waals surface area contributed by atoms with Crippen molar-refractivity contribution in [1.82, 2.24) is 20.1 Å². The van der Waals surface area contributed by atoms with Crippen LogP contribution in [0.25, 0.3) is 22.2 Å². The molecule has 2 heterocycles. The van der Waals surface area contributed by atoms with Gasteiger partial charge in [0, 0.05) is 18.1 Å². The number of pyridine rings is 1. The highest BCUT2D eigenvalue weighted by atomic mass is 16.2. The van der Waals surface area contributed by atoms with Gasteiger partial charge in [0.15, 0.2) is 0 Å². The minimum Gasteiger partial charge on any atom is -0.350 e. The first kappa shape index (κ1) is 17.6. The van der Waals surface area contributed by atoms with Gasteiger partial charge in [0.05, 0.1) is 11.1 Å². The summed E-state index contributed by atoms with van der Waals surface area (Å²) in [5.41, 5.74) is 1.91. The van der Waals surface area contributed by atoms with E-state index >= 15 is 0 Å². The molecule has 0 aliphatic heterocycles. The fourth-order valence-electron chi connectivity index (χ4n) is 3.02. The summed E-state index contributed by atoms with van der Waals surface area (Å²) < 4.78 is 1.20. The molecule has 0 bridgehead atoms. The first-order chi connectivity index (χ1) is 13.7. The second kappa shape index (κ2) is 7.84. The van der Waals surface area contributed by atoms with Crippen LogP contribution in [0.1, 0.15) is 5.56 Å². The van der Waals surface area contributed by atoms with Crippen LogP contribution in [0.4, 0.5) is 0 Å². The van der Waals surface area contributed by atoms with Crippen LogP contribution in [0, 0.1) is 0 Å². The number of hydrogen-bond donors (Lipinski definition) is 1. The third kappa shape index (κ3) is 3.66. The normalized spacial score (nSPS) is 10.7. The zero-order valence-electron chi connectivity index (χ0n) is 15.1. The topological polar surface area (TPSA) is 76.9 Å². The monoisotopic (exact) mass is 370 g/mol. The Morgan fingerprint density at radius 1 is 0.893 bits per heavy atom. The SMILES string of the molecule is O=C(Cn1nc(-c2ccccn2)c2ccccc2c1=O)NCc1ccccc1. The molecule has 0 spiro atoms. The van der Waals surface area contributed by atoms with Gasteiger partial charge in [0.25, 0.3) is 5.56 Å². The van der Waals surface area contributed by atoms with Crippen molar-refractivity contribution < 1.29 is 4.79 Å².